The molecule has 0 bridgehead atoms. The summed E-state index contributed by atoms with van der Waals surface area (Å²) in [5.74, 6) is -0.516. The molecule has 108 valence electrons. The van der Waals surface area contributed by atoms with E-state index in [1.54, 1.807) is 31.4 Å². The van der Waals surface area contributed by atoms with Gasteiger partial charge in [-0.15, -0.1) is 0 Å². The van der Waals surface area contributed by atoms with Crippen LogP contribution in [0.3, 0.4) is 0 Å². The number of likely N-dealkylation sites (tertiary alicyclic amines) is 1. The fourth-order valence-corrected chi connectivity index (χ4v) is 2.69. The summed E-state index contributed by atoms with van der Waals surface area (Å²) in [6.45, 7) is 2.37. The second-order valence-corrected chi connectivity index (χ2v) is 5.13. The Morgan fingerprint density at radius 3 is 2.50 bits per heavy atom. The second kappa shape index (κ2) is 5.94. The van der Waals surface area contributed by atoms with Crippen molar-refractivity contribution in [3.8, 4) is 5.75 Å². The molecule has 0 saturated carbocycles. The van der Waals surface area contributed by atoms with E-state index in [1.807, 2.05) is 6.92 Å². The van der Waals surface area contributed by atoms with Gasteiger partial charge >= 0.3 is 5.97 Å². The lowest BCUT2D eigenvalue weighted by molar-refractivity contribution is -0.145. The van der Waals surface area contributed by atoms with Gasteiger partial charge in [-0.3, -0.25) is 4.79 Å². The first kappa shape index (κ1) is 14.4. The van der Waals surface area contributed by atoms with Crippen LogP contribution >= 0.6 is 0 Å². The molecule has 2 rings (SSSR count). The van der Waals surface area contributed by atoms with Crippen LogP contribution in [0, 0.1) is 5.92 Å². The zero-order valence-corrected chi connectivity index (χ0v) is 11.7. The number of benzene rings is 1. The molecule has 2 unspecified atom stereocenters. The van der Waals surface area contributed by atoms with Gasteiger partial charge in [-0.2, -0.15) is 0 Å². The molecular formula is C15H19NO4. The zero-order valence-electron chi connectivity index (χ0n) is 11.7. The van der Waals surface area contributed by atoms with Gasteiger partial charge in [0.15, 0.2) is 0 Å². The number of piperidine rings is 1. The van der Waals surface area contributed by atoms with Gasteiger partial charge in [0.1, 0.15) is 11.8 Å². The fraction of sp³-hybridized carbons (Fsp3) is 0.467. The third kappa shape index (κ3) is 2.76. The van der Waals surface area contributed by atoms with Crippen LogP contribution in [0.25, 0.3) is 0 Å². The second-order valence-electron chi connectivity index (χ2n) is 5.13. The van der Waals surface area contributed by atoms with E-state index in [-0.39, 0.29) is 11.8 Å². The summed E-state index contributed by atoms with van der Waals surface area (Å²) in [4.78, 5) is 25.3. The molecule has 1 fully saturated rings. The van der Waals surface area contributed by atoms with Crippen LogP contribution < -0.4 is 4.74 Å². The average molecular weight is 277 g/mol. The van der Waals surface area contributed by atoms with Crippen molar-refractivity contribution in [3.05, 3.63) is 29.8 Å². The summed E-state index contributed by atoms with van der Waals surface area (Å²) in [5, 5.41) is 9.34. The first-order valence-corrected chi connectivity index (χ1v) is 6.72. The molecule has 1 aromatic rings. The van der Waals surface area contributed by atoms with Gasteiger partial charge in [0.2, 0.25) is 0 Å². The Kier molecular flexibility index (Phi) is 4.27. The number of rotatable bonds is 3. The summed E-state index contributed by atoms with van der Waals surface area (Å²) in [5.41, 5.74) is 0.492. The van der Waals surface area contributed by atoms with Gasteiger partial charge in [0.05, 0.1) is 7.11 Å². The Morgan fingerprint density at radius 1 is 1.30 bits per heavy atom. The van der Waals surface area contributed by atoms with E-state index in [0.29, 0.717) is 17.9 Å². The van der Waals surface area contributed by atoms with Crippen LogP contribution in [-0.4, -0.2) is 41.6 Å². The van der Waals surface area contributed by atoms with Crippen molar-refractivity contribution in [1.82, 2.24) is 4.90 Å². The Bertz CT molecular complexity index is 497. The monoisotopic (exact) mass is 277 g/mol. The fourth-order valence-electron chi connectivity index (χ4n) is 2.69. The molecule has 0 spiro atoms. The van der Waals surface area contributed by atoms with E-state index >= 15 is 0 Å². The number of carboxylic acid groups (broad SMARTS) is 1. The Hall–Kier alpha value is -2.04. The molecule has 5 heteroatoms. The number of hydrogen-bond donors (Lipinski definition) is 1. The van der Waals surface area contributed by atoms with E-state index in [9.17, 15) is 14.7 Å². The molecule has 5 nitrogen and oxygen atoms in total. The van der Waals surface area contributed by atoms with Crippen molar-refractivity contribution >= 4 is 11.9 Å². The molecular weight excluding hydrogens is 258 g/mol. The lowest BCUT2D eigenvalue weighted by Crippen LogP contribution is -2.51. The van der Waals surface area contributed by atoms with E-state index in [0.717, 1.165) is 12.8 Å². The van der Waals surface area contributed by atoms with E-state index in [1.165, 1.54) is 4.90 Å². The molecule has 1 aliphatic rings. The Balaban J connectivity index is 2.23. The first-order valence-electron chi connectivity index (χ1n) is 6.72. The number of hydrogen-bond acceptors (Lipinski definition) is 3. The van der Waals surface area contributed by atoms with Crippen molar-refractivity contribution in [1.29, 1.82) is 0 Å². The Morgan fingerprint density at radius 2 is 1.95 bits per heavy atom. The minimum Gasteiger partial charge on any atom is -0.497 e. The minimum atomic E-state index is -0.931. The number of aliphatic carboxylic acids is 1. The highest BCUT2D eigenvalue weighted by atomic mass is 16.5. The maximum absolute atomic E-state index is 12.5. The number of amides is 1. The molecule has 1 aromatic carbocycles. The molecule has 2 atom stereocenters. The topological polar surface area (TPSA) is 66.8 Å². The molecule has 20 heavy (non-hydrogen) atoms. The van der Waals surface area contributed by atoms with E-state index in [2.05, 4.69) is 0 Å². The van der Waals surface area contributed by atoms with Crippen LogP contribution in [0.4, 0.5) is 0 Å². The van der Waals surface area contributed by atoms with Crippen molar-refractivity contribution < 1.29 is 19.4 Å². The standard InChI is InChI=1S/C15H19NO4/c1-10-4-3-9-16(13(10)15(18)19)14(17)11-5-7-12(20-2)8-6-11/h5-8,10,13H,3-4,9H2,1-2H3,(H,18,19). The van der Waals surface area contributed by atoms with Crippen LogP contribution in [0.1, 0.15) is 30.1 Å². The molecule has 0 radical (unpaired) electrons. The highest BCUT2D eigenvalue weighted by Gasteiger charge is 2.37. The van der Waals surface area contributed by atoms with Gasteiger partial charge < -0.3 is 14.7 Å². The zero-order chi connectivity index (χ0) is 14.7. The summed E-state index contributed by atoms with van der Waals surface area (Å²) < 4.78 is 5.05. The van der Waals surface area contributed by atoms with Gasteiger partial charge in [-0.25, -0.2) is 4.79 Å². The summed E-state index contributed by atoms with van der Waals surface area (Å²) >= 11 is 0. The molecule has 1 aliphatic heterocycles. The van der Waals surface area contributed by atoms with Crippen molar-refractivity contribution in [2.45, 2.75) is 25.8 Å². The average Bonchev–Trinajstić information content (AvgIpc) is 2.46. The number of carbonyl (C=O) groups excluding carboxylic acids is 1. The first-order chi connectivity index (χ1) is 9.54. The summed E-state index contributed by atoms with van der Waals surface area (Å²) in [6, 6.07) is 6.00. The van der Waals surface area contributed by atoms with Crippen molar-refractivity contribution in [2.24, 2.45) is 5.92 Å². The van der Waals surface area contributed by atoms with Gasteiger partial charge in [0, 0.05) is 12.1 Å². The molecule has 0 aromatic heterocycles. The lowest BCUT2D eigenvalue weighted by Gasteiger charge is -2.37. The summed E-state index contributed by atoms with van der Waals surface area (Å²) in [7, 11) is 1.56. The number of ether oxygens (including phenoxy) is 1. The SMILES string of the molecule is COc1ccc(C(=O)N2CCCC(C)C2C(=O)O)cc1. The largest absolute Gasteiger partial charge is 0.497 e. The lowest BCUT2D eigenvalue weighted by atomic mass is 9.90. The Labute approximate surface area is 118 Å². The van der Waals surface area contributed by atoms with Crippen LogP contribution in [0.15, 0.2) is 24.3 Å². The van der Waals surface area contributed by atoms with E-state index < -0.39 is 12.0 Å². The van der Waals surface area contributed by atoms with Gasteiger partial charge in [-0.05, 0) is 43.0 Å². The number of carboxylic acids is 1. The number of carbonyl (C=O) groups is 2. The van der Waals surface area contributed by atoms with E-state index in [4.69, 9.17) is 4.74 Å². The molecule has 1 N–H and O–H groups in total. The normalized spacial score (nSPS) is 22.4. The number of nitrogens with zero attached hydrogens (tertiary/aromatic N) is 1. The molecule has 0 aliphatic carbocycles. The maximum atomic E-state index is 12.5. The van der Waals surface area contributed by atoms with Crippen molar-refractivity contribution in [3.63, 3.8) is 0 Å². The van der Waals surface area contributed by atoms with Crippen LogP contribution in [0.2, 0.25) is 0 Å². The van der Waals surface area contributed by atoms with Crippen molar-refractivity contribution in [2.75, 3.05) is 13.7 Å². The highest BCUT2D eigenvalue weighted by molar-refractivity contribution is 5.96. The van der Waals surface area contributed by atoms with Crippen LogP contribution in [-0.2, 0) is 4.79 Å². The number of methoxy groups -OCH3 is 1. The predicted octanol–water partition coefficient (Wildman–Crippen LogP) is 2.02. The minimum absolute atomic E-state index is 0.0246. The molecule has 1 saturated heterocycles. The highest BCUT2D eigenvalue weighted by Crippen LogP contribution is 2.25. The third-order valence-electron chi connectivity index (χ3n) is 3.78. The summed E-state index contributed by atoms with van der Waals surface area (Å²) in [6.07, 6.45) is 1.68. The molecule has 1 amide bonds. The van der Waals surface area contributed by atoms with Gasteiger partial charge in [-0.1, -0.05) is 6.92 Å². The quantitative estimate of drug-likeness (QED) is 0.918. The predicted molar refractivity (Wildman–Crippen MR) is 73.9 cm³/mol. The maximum Gasteiger partial charge on any atom is 0.326 e. The third-order valence-corrected chi connectivity index (χ3v) is 3.78. The smallest absolute Gasteiger partial charge is 0.326 e. The van der Waals surface area contributed by atoms with Gasteiger partial charge in [0.25, 0.3) is 5.91 Å². The molecule has 1 heterocycles. The van der Waals surface area contributed by atoms with Crippen LogP contribution in [0.5, 0.6) is 5.75 Å².